The van der Waals surface area contributed by atoms with Gasteiger partial charge in [-0.1, -0.05) is 0 Å². The molecule has 15 heavy (non-hydrogen) atoms. The van der Waals surface area contributed by atoms with Crippen LogP contribution in [-0.4, -0.2) is 33.4 Å². The second-order valence-electron chi connectivity index (χ2n) is 3.79. The number of allylic oxidation sites excluding steroid dienone is 2. The minimum Gasteiger partial charge on any atom is -0.279 e. The lowest BCUT2D eigenvalue weighted by Gasteiger charge is -2.28. The van der Waals surface area contributed by atoms with Crippen LogP contribution in [0.5, 0.6) is 0 Å². The predicted molar refractivity (Wildman–Crippen MR) is 63.2 cm³/mol. The zero-order valence-electron chi connectivity index (χ0n) is 8.81. The Bertz CT molecular complexity index is 446. The lowest BCUT2D eigenvalue weighted by Crippen LogP contribution is -2.49. The highest BCUT2D eigenvalue weighted by atomic mass is 32.1. The highest BCUT2D eigenvalue weighted by Gasteiger charge is 2.34. The summed E-state index contributed by atoms with van der Waals surface area (Å²) in [4.78, 5) is 21.8. The molecule has 0 aromatic heterocycles. The molecule has 0 aliphatic carbocycles. The van der Waals surface area contributed by atoms with Gasteiger partial charge in [0.15, 0.2) is 5.71 Å². The van der Waals surface area contributed by atoms with Gasteiger partial charge >= 0.3 is 0 Å². The first kappa shape index (κ1) is 10.2. The zero-order valence-corrected chi connectivity index (χ0v) is 9.63. The normalized spacial score (nSPS) is 20.3. The smallest absolute Gasteiger partial charge is 0.279 e. The summed E-state index contributed by atoms with van der Waals surface area (Å²) in [6, 6.07) is 0.0129. The van der Waals surface area contributed by atoms with Crippen molar-refractivity contribution in [3.63, 3.8) is 0 Å². The van der Waals surface area contributed by atoms with E-state index < -0.39 is 0 Å². The van der Waals surface area contributed by atoms with Crippen LogP contribution in [-0.2, 0) is 4.79 Å². The van der Waals surface area contributed by atoms with E-state index in [0.717, 1.165) is 5.70 Å². The van der Waals surface area contributed by atoms with Crippen LogP contribution in [0.3, 0.4) is 0 Å². The Morgan fingerprint density at radius 3 is 2.67 bits per heavy atom. The number of hydrogen-bond donors (Lipinski definition) is 0. The van der Waals surface area contributed by atoms with Crippen LogP contribution < -0.4 is 0 Å². The van der Waals surface area contributed by atoms with Gasteiger partial charge < -0.3 is 0 Å². The van der Waals surface area contributed by atoms with Gasteiger partial charge in [0.1, 0.15) is 0 Å². The van der Waals surface area contributed by atoms with Crippen molar-refractivity contribution in [1.29, 1.82) is 0 Å². The van der Waals surface area contributed by atoms with Crippen molar-refractivity contribution in [2.24, 2.45) is 9.98 Å². The number of amides is 1. The molecule has 1 amide bonds. The van der Waals surface area contributed by atoms with Gasteiger partial charge in [-0.25, -0.2) is 9.98 Å². The van der Waals surface area contributed by atoms with Gasteiger partial charge in [0.2, 0.25) is 5.11 Å². The molecule has 0 saturated heterocycles. The van der Waals surface area contributed by atoms with E-state index in [9.17, 15) is 4.79 Å². The van der Waals surface area contributed by atoms with Crippen molar-refractivity contribution in [3.05, 3.63) is 11.8 Å². The maximum atomic E-state index is 12.0. The third kappa shape index (κ3) is 1.52. The molecule has 5 heteroatoms. The first-order chi connectivity index (χ1) is 7.00. The van der Waals surface area contributed by atoms with Crippen LogP contribution in [0.2, 0.25) is 0 Å². The first-order valence-corrected chi connectivity index (χ1v) is 5.15. The standard InChI is InChI=1S/C10H11N3OS/c1-5(2)13-9(14)8-7(12-10(13)15)4-6(3)11-8/h4-5H,1-3H3. The van der Waals surface area contributed by atoms with Gasteiger partial charge in [-0.15, -0.1) is 0 Å². The molecule has 4 nitrogen and oxygen atoms in total. The summed E-state index contributed by atoms with van der Waals surface area (Å²) in [5.74, 6) is -0.145. The fourth-order valence-electron chi connectivity index (χ4n) is 1.59. The van der Waals surface area contributed by atoms with Crippen LogP contribution in [0.4, 0.5) is 0 Å². The number of fused-ring (bicyclic) bond motifs is 1. The van der Waals surface area contributed by atoms with Gasteiger partial charge in [0, 0.05) is 11.7 Å². The van der Waals surface area contributed by atoms with Crippen molar-refractivity contribution >= 4 is 34.7 Å². The van der Waals surface area contributed by atoms with E-state index in [1.807, 2.05) is 20.8 Å². The summed E-state index contributed by atoms with van der Waals surface area (Å²) < 4.78 is 0. The Kier molecular flexibility index (Phi) is 2.26. The molecule has 2 aliphatic heterocycles. The summed E-state index contributed by atoms with van der Waals surface area (Å²) in [5, 5.41) is 0.329. The highest BCUT2D eigenvalue weighted by molar-refractivity contribution is 7.80. The Morgan fingerprint density at radius 2 is 2.07 bits per heavy atom. The summed E-state index contributed by atoms with van der Waals surface area (Å²) >= 11 is 5.08. The molecule has 0 aromatic carbocycles. The molecule has 0 aromatic rings. The minimum atomic E-state index is -0.145. The monoisotopic (exact) mass is 221 g/mol. The van der Waals surface area contributed by atoms with E-state index in [2.05, 4.69) is 9.98 Å². The van der Waals surface area contributed by atoms with E-state index in [0.29, 0.717) is 16.5 Å². The summed E-state index contributed by atoms with van der Waals surface area (Å²) in [7, 11) is 0. The largest absolute Gasteiger partial charge is 0.281 e. The van der Waals surface area contributed by atoms with Gasteiger partial charge in [-0.2, -0.15) is 0 Å². The molecular weight excluding hydrogens is 210 g/mol. The molecule has 2 rings (SSSR count). The van der Waals surface area contributed by atoms with Gasteiger partial charge in [0.05, 0.1) is 5.71 Å². The molecule has 0 atom stereocenters. The number of thiocarbonyl (C=S) groups is 1. The molecule has 0 fully saturated rings. The molecule has 78 valence electrons. The third-order valence-electron chi connectivity index (χ3n) is 2.24. The molecule has 0 saturated carbocycles. The molecule has 2 heterocycles. The quantitative estimate of drug-likeness (QED) is 0.627. The van der Waals surface area contributed by atoms with Crippen molar-refractivity contribution in [1.82, 2.24) is 4.90 Å². The molecule has 0 unspecified atom stereocenters. The fraction of sp³-hybridized carbons (Fsp3) is 0.400. The highest BCUT2D eigenvalue weighted by Crippen LogP contribution is 2.17. The van der Waals surface area contributed by atoms with Crippen molar-refractivity contribution in [2.45, 2.75) is 26.8 Å². The molecule has 2 aliphatic rings. The van der Waals surface area contributed by atoms with Crippen LogP contribution >= 0.6 is 12.2 Å². The summed E-state index contributed by atoms with van der Waals surface area (Å²) in [6.07, 6.45) is 1.78. The summed E-state index contributed by atoms with van der Waals surface area (Å²) in [5.41, 5.74) is 1.81. The minimum absolute atomic E-state index is 0.0129. The first-order valence-electron chi connectivity index (χ1n) is 4.74. The maximum Gasteiger partial charge on any atom is 0.281 e. The molecule has 0 bridgehead atoms. The van der Waals surface area contributed by atoms with Crippen LogP contribution in [0, 0.1) is 0 Å². The second kappa shape index (κ2) is 3.34. The summed E-state index contributed by atoms with van der Waals surface area (Å²) in [6.45, 7) is 5.64. The van der Waals surface area contributed by atoms with Crippen molar-refractivity contribution < 1.29 is 4.79 Å². The van der Waals surface area contributed by atoms with E-state index >= 15 is 0 Å². The van der Waals surface area contributed by atoms with Gasteiger partial charge in [-0.05, 0) is 39.1 Å². The van der Waals surface area contributed by atoms with E-state index in [-0.39, 0.29) is 11.9 Å². The maximum absolute atomic E-state index is 12.0. The molecule has 0 radical (unpaired) electrons. The average molecular weight is 221 g/mol. The number of nitrogens with zero attached hydrogens (tertiary/aromatic N) is 3. The van der Waals surface area contributed by atoms with Crippen molar-refractivity contribution in [3.8, 4) is 0 Å². The van der Waals surface area contributed by atoms with Crippen LogP contribution in [0.1, 0.15) is 20.8 Å². The van der Waals surface area contributed by atoms with Gasteiger partial charge in [-0.3, -0.25) is 9.69 Å². The Balaban J connectivity index is 2.47. The lowest BCUT2D eigenvalue weighted by molar-refractivity contribution is -0.121. The Labute approximate surface area is 93.4 Å². The molecule has 0 N–H and O–H groups in total. The lowest BCUT2D eigenvalue weighted by atomic mass is 10.1. The third-order valence-corrected chi connectivity index (χ3v) is 2.52. The van der Waals surface area contributed by atoms with Crippen molar-refractivity contribution in [2.75, 3.05) is 0 Å². The molecular formula is C10H11N3OS. The number of rotatable bonds is 1. The SMILES string of the molecule is CC1=CC2=NC(=S)N(C(C)C)C(=O)C2=N1. The van der Waals surface area contributed by atoms with E-state index in [4.69, 9.17) is 12.2 Å². The number of aliphatic imine (C=N–C) groups is 2. The van der Waals surface area contributed by atoms with Crippen LogP contribution in [0.25, 0.3) is 0 Å². The fourth-order valence-corrected chi connectivity index (χ4v) is 1.98. The number of hydrogen-bond acceptors (Lipinski definition) is 3. The average Bonchev–Trinajstić information content (AvgIpc) is 2.45. The van der Waals surface area contributed by atoms with Gasteiger partial charge in [0.25, 0.3) is 5.91 Å². The number of carbonyl (C=O) groups excluding carboxylic acids is 1. The van der Waals surface area contributed by atoms with E-state index in [1.54, 1.807) is 6.08 Å². The second-order valence-corrected chi connectivity index (χ2v) is 4.16. The predicted octanol–water partition coefficient (Wildman–Crippen LogP) is 1.32. The zero-order chi connectivity index (χ0) is 11.2. The topological polar surface area (TPSA) is 45.0 Å². The van der Waals surface area contributed by atoms with E-state index in [1.165, 1.54) is 4.90 Å². The Morgan fingerprint density at radius 1 is 1.40 bits per heavy atom. The molecule has 0 spiro atoms. The van der Waals surface area contributed by atoms with Crippen LogP contribution in [0.15, 0.2) is 21.8 Å². The Hall–Kier alpha value is -1.36. The number of carbonyl (C=O) groups is 1.